The van der Waals surface area contributed by atoms with Crippen molar-refractivity contribution in [3.8, 4) is 0 Å². The fourth-order valence-corrected chi connectivity index (χ4v) is 3.53. The second-order valence-corrected chi connectivity index (χ2v) is 6.21. The summed E-state index contributed by atoms with van der Waals surface area (Å²) in [4.78, 5) is 12.0. The predicted octanol–water partition coefficient (Wildman–Crippen LogP) is 1.39. The molecule has 2 fully saturated rings. The molecule has 3 unspecified atom stereocenters. The Morgan fingerprint density at radius 1 is 1.44 bits per heavy atom. The van der Waals surface area contributed by atoms with Crippen molar-refractivity contribution in [2.45, 2.75) is 44.7 Å². The van der Waals surface area contributed by atoms with Gasteiger partial charge in [-0.2, -0.15) is 11.8 Å². The van der Waals surface area contributed by atoms with Crippen molar-refractivity contribution in [2.24, 2.45) is 5.92 Å². The number of rotatable bonds is 2. The van der Waals surface area contributed by atoms with Crippen LogP contribution in [0.4, 0.5) is 0 Å². The number of hydrogen-bond acceptors (Lipinski definition) is 3. The van der Waals surface area contributed by atoms with Crippen LogP contribution >= 0.6 is 11.8 Å². The van der Waals surface area contributed by atoms with Crippen molar-refractivity contribution < 1.29 is 4.79 Å². The molecule has 3 atom stereocenters. The topological polar surface area (TPSA) is 41.1 Å². The van der Waals surface area contributed by atoms with Crippen LogP contribution in [0.15, 0.2) is 0 Å². The third-order valence-corrected chi connectivity index (χ3v) is 4.58. The summed E-state index contributed by atoms with van der Waals surface area (Å²) in [7, 11) is 0. The summed E-state index contributed by atoms with van der Waals surface area (Å²) < 4.78 is 0. The van der Waals surface area contributed by atoms with Crippen molar-refractivity contribution in [1.82, 2.24) is 10.6 Å². The van der Waals surface area contributed by atoms with E-state index in [2.05, 4.69) is 17.6 Å². The second kappa shape index (κ2) is 5.92. The average molecular weight is 242 g/mol. The van der Waals surface area contributed by atoms with E-state index in [0.717, 1.165) is 36.8 Å². The Morgan fingerprint density at radius 3 is 3.00 bits per heavy atom. The van der Waals surface area contributed by atoms with Crippen LogP contribution in [-0.4, -0.2) is 36.0 Å². The van der Waals surface area contributed by atoms with Crippen molar-refractivity contribution in [3.63, 3.8) is 0 Å². The lowest BCUT2D eigenvalue weighted by atomic mass is 9.87. The molecule has 0 radical (unpaired) electrons. The predicted molar refractivity (Wildman–Crippen MR) is 68.7 cm³/mol. The van der Waals surface area contributed by atoms with Gasteiger partial charge in [0.05, 0.1) is 6.04 Å². The highest BCUT2D eigenvalue weighted by Gasteiger charge is 2.25. The zero-order valence-electron chi connectivity index (χ0n) is 10.00. The molecule has 16 heavy (non-hydrogen) atoms. The fraction of sp³-hybridized carbons (Fsp3) is 0.917. The molecule has 1 heterocycles. The van der Waals surface area contributed by atoms with Crippen LogP contribution in [0.3, 0.4) is 0 Å². The molecule has 1 aliphatic carbocycles. The summed E-state index contributed by atoms with van der Waals surface area (Å²) in [6.45, 7) is 3.25. The second-order valence-electron chi connectivity index (χ2n) is 5.06. The summed E-state index contributed by atoms with van der Waals surface area (Å²) in [5, 5.41) is 6.49. The van der Waals surface area contributed by atoms with Crippen LogP contribution in [0.1, 0.15) is 32.6 Å². The molecule has 0 spiro atoms. The molecule has 0 aromatic carbocycles. The quantitative estimate of drug-likeness (QED) is 0.769. The van der Waals surface area contributed by atoms with Crippen LogP contribution < -0.4 is 10.6 Å². The highest BCUT2D eigenvalue weighted by atomic mass is 32.2. The molecule has 1 saturated heterocycles. The lowest BCUT2D eigenvalue weighted by Crippen LogP contribution is -2.52. The van der Waals surface area contributed by atoms with E-state index in [4.69, 9.17) is 0 Å². The van der Waals surface area contributed by atoms with Crippen LogP contribution in [0, 0.1) is 5.92 Å². The van der Waals surface area contributed by atoms with Gasteiger partial charge in [-0.25, -0.2) is 0 Å². The molecule has 1 amide bonds. The first-order chi connectivity index (χ1) is 7.75. The summed E-state index contributed by atoms with van der Waals surface area (Å²) in [6, 6.07) is 0.459. The Balaban J connectivity index is 1.77. The lowest BCUT2D eigenvalue weighted by molar-refractivity contribution is -0.123. The minimum Gasteiger partial charge on any atom is -0.352 e. The van der Waals surface area contributed by atoms with Gasteiger partial charge in [-0.1, -0.05) is 19.8 Å². The number of nitrogens with one attached hydrogen (secondary N) is 2. The Bertz CT molecular complexity index is 241. The van der Waals surface area contributed by atoms with Crippen molar-refractivity contribution >= 4 is 17.7 Å². The Kier molecular flexibility index (Phi) is 4.53. The van der Waals surface area contributed by atoms with Crippen molar-refractivity contribution in [2.75, 3.05) is 18.1 Å². The van der Waals surface area contributed by atoms with E-state index < -0.39 is 0 Å². The maximum Gasteiger partial charge on any atom is 0.238 e. The Labute approximate surface area is 102 Å². The first-order valence-electron chi connectivity index (χ1n) is 6.37. The first-order valence-corrected chi connectivity index (χ1v) is 7.52. The van der Waals surface area contributed by atoms with Gasteiger partial charge in [-0.05, 0) is 18.8 Å². The van der Waals surface area contributed by atoms with Crippen LogP contribution in [0.25, 0.3) is 0 Å². The summed E-state index contributed by atoms with van der Waals surface area (Å²) in [6.07, 6.45) is 4.91. The number of hydrogen-bond donors (Lipinski definition) is 2. The van der Waals surface area contributed by atoms with Gasteiger partial charge in [0.2, 0.25) is 5.91 Å². The molecule has 0 aromatic rings. The molecule has 0 bridgehead atoms. The largest absolute Gasteiger partial charge is 0.352 e. The molecule has 4 heteroatoms. The molecule has 0 aromatic heterocycles. The third kappa shape index (κ3) is 3.39. The average Bonchev–Trinajstić information content (AvgIpc) is 2.30. The first kappa shape index (κ1) is 12.2. The maximum atomic E-state index is 12.0. The third-order valence-electron chi connectivity index (χ3n) is 3.52. The van der Waals surface area contributed by atoms with Crippen LogP contribution in [-0.2, 0) is 4.79 Å². The van der Waals surface area contributed by atoms with E-state index in [9.17, 15) is 4.79 Å². The van der Waals surface area contributed by atoms with E-state index >= 15 is 0 Å². The monoisotopic (exact) mass is 242 g/mol. The van der Waals surface area contributed by atoms with Gasteiger partial charge in [-0.15, -0.1) is 0 Å². The van der Waals surface area contributed by atoms with Gasteiger partial charge in [0.25, 0.3) is 0 Å². The normalized spacial score (nSPS) is 35.7. The van der Waals surface area contributed by atoms with E-state index in [1.807, 2.05) is 11.8 Å². The molecule has 2 N–H and O–H groups in total. The zero-order chi connectivity index (χ0) is 11.4. The van der Waals surface area contributed by atoms with Crippen molar-refractivity contribution in [3.05, 3.63) is 0 Å². The van der Waals surface area contributed by atoms with E-state index in [0.29, 0.717) is 6.04 Å². The molecular formula is C12H22N2OS. The smallest absolute Gasteiger partial charge is 0.238 e. The SMILES string of the molecule is CC1CCCC(NC(=O)C2CSCCN2)C1. The molecule has 2 rings (SSSR count). The van der Waals surface area contributed by atoms with E-state index in [1.54, 1.807) is 0 Å². The molecule has 92 valence electrons. The highest BCUT2D eigenvalue weighted by Crippen LogP contribution is 2.23. The van der Waals surface area contributed by atoms with Gasteiger partial charge in [-0.3, -0.25) is 4.79 Å². The van der Waals surface area contributed by atoms with Gasteiger partial charge in [0, 0.05) is 24.1 Å². The fourth-order valence-electron chi connectivity index (χ4n) is 2.60. The van der Waals surface area contributed by atoms with Gasteiger partial charge >= 0.3 is 0 Å². The number of carbonyl (C=O) groups excluding carboxylic acids is 1. The van der Waals surface area contributed by atoms with Gasteiger partial charge in [0.1, 0.15) is 0 Å². The van der Waals surface area contributed by atoms with E-state index in [1.165, 1.54) is 12.8 Å². The van der Waals surface area contributed by atoms with Crippen LogP contribution in [0.2, 0.25) is 0 Å². The van der Waals surface area contributed by atoms with Gasteiger partial charge in [0.15, 0.2) is 0 Å². The highest BCUT2D eigenvalue weighted by molar-refractivity contribution is 7.99. The number of carbonyl (C=O) groups is 1. The Hall–Kier alpha value is -0.220. The van der Waals surface area contributed by atoms with Gasteiger partial charge < -0.3 is 10.6 Å². The summed E-state index contributed by atoms with van der Waals surface area (Å²) >= 11 is 1.87. The summed E-state index contributed by atoms with van der Waals surface area (Å²) in [5.74, 6) is 3.04. The summed E-state index contributed by atoms with van der Waals surface area (Å²) in [5.41, 5.74) is 0. The zero-order valence-corrected chi connectivity index (χ0v) is 10.8. The maximum absolute atomic E-state index is 12.0. The number of amides is 1. The molecule has 1 saturated carbocycles. The lowest BCUT2D eigenvalue weighted by Gasteiger charge is -2.30. The Morgan fingerprint density at radius 2 is 2.31 bits per heavy atom. The van der Waals surface area contributed by atoms with E-state index in [-0.39, 0.29) is 11.9 Å². The molecule has 1 aliphatic heterocycles. The number of thioether (sulfide) groups is 1. The van der Waals surface area contributed by atoms with Crippen molar-refractivity contribution in [1.29, 1.82) is 0 Å². The molecular weight excluding hydrogens is 220 g/mol. The van der Waals surface area contributed by atoms with Crippen LogP contribution in [0.5, 0.6) is 0 Å². The standard InChI is InChI=1S/C12H22N2OS/c1-9-3-2-4-10(7-9)14-12(15)11-8-16-6-5-13-11/h9-11,13H,2-8H2,1H3,(H,14,15). The molecule has 3 nitrogen and oxygen atoms in total. The minimum atomic E-state index is 0.0379. The minimum absolute atomic E-state index is 0.0379. The molecule has 2 aliphatic rings.